The Kier molecular flexibility index (Phi) is 1.91. The van der Waals surface area contributed by atoms with Crippen LogP contribution in [-0.4, -0.2) is 10.2 Å². The zero-order valence-electron chi connectivity index (χ0n) is 7.80. The maximum Gasteiger partial charge on any atom is 0.0522 e. The van der Waals surface area contributed by atoms with Crippen LogP contribution in [0.5, 0.6) is 0 Å². The second-order valence-electron chi connectivity index (χ2n) is 4.18. The van der Waals surface area contributed by atoms with Crippen LogP contribution in [0.1, 0.15) is 43.9 Å². The quantitative estimate of drug-likeness (QED) is 0.730. The van der Waals surface area contributed by atoms with Gasteiger partial charge in [0.1, 0.15) is 0 Å². The van der Waals surface area contributed by atoms with Crippen LogP contribution in [0.15, 0.2) is 6.20 Å². The SMILES string of the molecule is CC(C)Cc1cn[nH]c1C1CC1. The number of rotatable bonds is 3. The van der Waals surface area contributed by atoms with Gasteiger partial charge in [0.25, 0.3) is 0 Å². The van der Waals surface area contributed by atoms with Gasteiger partial charge in [-0.25, -0.2) is 0 Å². The lowest BCUT2D eigenvalue weighted by Gasteiger charge is -2.03. The number of hydrogen-bond acceptors (Lipinski definition) is 1. The standard InChI is InChI=1S/C10H16N2/c1-7(2)5-9-6-11-12-10(9)8-3-4-8/h6-8H,3-5H2,1-2H3,(H,11,12). The van der Waals surface area contributed by atoms with Crippen molar-refractivity contribution in [3.63, 3.8) is 0 Å². The van der Waals surface area contributed by atoms with Crippen molar-refractivity contribution in [1.29, 1.82) is 0 Å². The number of nitrogens with zero attached hydrogens (tertiary/aromatic N) is 1. The van der Waals surface area contributed by atoms with Crippen molar-refractivity contribution in [2.45, 2.75) is 39.0 Å². The third-order valence-electron chi connectivity index (χ3n) is 2.37. The molecule has 0 amide bonds. The zero-order chi connectivity index (χ0) is 8.55. The Morgan fingerprint density at radius 1 is 1.58 bits per heavy atom. The number of aromatic nitrogens is 2. The van der Waals surface area contributed by atoms with Crippen molar-refractivity contribution in [2.75, 3.05) is 0 Å². The maximum atomic E-state index is 4.11. The second-order valence-corrected chi connectivity index (χ2v) is 4.18. The van der Waals surface area contributed by atoms with Crippen LogP contribution < -0.4 is 0 Å². The predicted octanol–water partition coefficient (Wildman–Crippen LogP) is 2.49. The first-order chi connectivity index (χ1) is 5.77. The summed E-state index contributed by atoms with van der Waals surface area (Å²) in [5.41, 5.74) is 2.84. The molecule has 0 spiro atoms. The first-order valence-corrected chi connectivity index (χ1v) is 4.79. The van der Waals surface area contributed by atoms with Gasteiger partial charge in [-0.1, -0.05) is 13.8 Å². The highest BCUT2D eigenvalue weighted by atomic mass is 15.1. The van der Waals surface area contributed by atoms with E-state index >= 15 is 0 Å². The number of H-pyrrole nitrogens is 1. The Balaban J connectivity index is 2.13. The Hall–Kier alpha value is -0.790. The highest BCUT2D eigenvalue weighted by molar-refractivity contribution is 5.24. The summed E-state index contributed by atoms with van der Waals surface area (Å²) in [5.74, 6) is 1.54. The lowest BCUT2D eigenvalue weighted by molar-refractivity contribution is 0.643. The van der Waals surface area contributed by atoms with Crippen molar-refractivity contribution in [3.8, 4) is 0 Å². The summed E-state index contributed by atoms with van der Waals surface area (Å²) in [4.78, 5) is 0. The maximum absolute atomic E-state index is 4.11. The van der Waals surface area contributed by atoms with Gasteiger partial charge in [0.05, 0.1) is 6.20 Å². The summed E-state index contributed by atoms with van der Waals surface area (Å²) in [5, 5.41) is 7.23. The summed E-state index contributed by atoms with van der Waals surface area (Å²) in [6.45, 7) is 4.51. The van der Waals surface area contributed by atoms with Crippen LogP contribution in [-0.2, 0) is 6.42 Å². The van der Waals surface area contributed by atoms with E-state index in [1.54, 1.807) is 0 Å². The van der Waals surface area contributed by atoms with E-state index in [4.69, 9.17) is 0 Å². The van der Waals surface area contributed by atoms with Gasteiger partial charge in [-0.05, 0) is 30.7 Å². The van der Waals surface area contributed by atoms with Crippen molar-refractivity contribution in [3.05, 3.63) is 17.5 Å². The minimum absolute atomic E-state index is 0.736. The molecule has 0 unspecified atom stereocenters. The van der Waals surface area contributed by atoms with Crippen molar-refractivity contribution >= 4 is 0 Å². The molecule has 1 aromatic heterocycles. The Bertz CT molecular complexity index is 259. The minimum Gasteiger partial charge on any atom is -0.282 e. The Morgan fingerprint density at radius 3 is 2.92 bits per heavy atom. The monoisotopic (exact) mass is 164 g/mol. The molecule has 1 heterocycles. The first kappa shape index (κ1) is 7.84. The fraction of sp³-hybridized carbons (Fsp3) is 0.700. The zero-order valence-corrected chi connectivity index (χ0v) is 7.80. The molecule has 0 aliphatic heterocycles. The molecule has 2 rings (SSSR count). The van der Waals surface area contributed by atoms with E-state index in [-0.39, 0.29) is 0 Å². The normalized spacial score (nSPS) is 17.2. The fourth-order valence-corrected chi connectivity index (χ4v) is 1.65. The molecule has 0 saturated heterocycles. The molecule has 0 atom stereocenters. The van der Waals surface area contributed by atoms with Gasteiger partial charge in [0.15, 0.2) is 0 Å². The lowest BCUT2D eigenvalue weighted by atomic mass is 10.0. The van der Waals surface area contributed by atoms with E-state index in [2.05, 4.69) is 24.0 Å². The molecule has 1 saturated carbocycles. The van der Waals surface area contributed by atoms with Gasteiger partial charge >= 0.3 is 0 Å². The van der Waals surface area contributed by atoms with Gasteiger partial charge in [-0.15, -0.1) is 0 Å². The van der Waals surface area contributed by atoms with Gasteiger partial charge in [-0.3, -0.25) is 5.10 Å². The van der Waals surface area contributed by atoms with Gasteiger partial charge in [0.2, 0.25) is 0 Å². The fourth-order valence-electron chi connectivity index (χ4n) is 1.65. The summed E-state index contributed by atoms with van der Waals surface area (Å²) in [7, 11) is 0. The van der Waals surface area contributed by atoms with Crippen LogP contribution in [0.4, 0.5) is 0 Å². The lowest BCUT2D eigenvalue weighted by Crippen LogP contribution is -1.96. The van der Waals surface area contributed by atoms with Crippen LogP contribution in [0.2, 0.25) is 0 Å². The van der Waals surface area contributed by atoms with E-state index in [0.717, 1.165) is 11.8 Å². The Labute approximate surface area is 73.4 Å². The molecule has 2 nitrogen and oxygen atoms in total. The molecule has 0 radical (unpaired) electrons. The van der Waals surface area contributed by atoms with Crippen LogP contribution in [0.25, 0.3) is 0 Å². The third kappa shape index (κ3) is 1.52. The molecule has 12 heavy (non-hydrogen) atoms. The minimum atomic E-state index is 0.736. The van der Waals surface area contributed by atoms with Crippen molar-refractivity contribution < 1.29 is 0 Å². The second kappa shape index (κ2) is 2.92. The molecule has 1 aliphatic carbocycles. The van der Waals surface area contributed by atoms with Gasteiger partial charge < -0.3 is 0 Å². The molecule has 1 aromatic rings. The van der Waals surface area contributed by atoms with E-state index in [1.165, 1.54) is 30.5 Å². The number of hydrogen-bond donors (Lipinski definition) is 1. The van der Waals surface area contributed by atoms with Crippen molar-refractivity contribution in [2.24, 2.45) is 5.92 Å². The average Bonchev–Trinajstić information content (AvgIpc) is 2.73. The molecule has 66 valence electrons. The predicted molar refractivity (Wildman–Crippen MR) is 49.1 cm³/mol. The number of aromatic amines is 1. The molecule has 2 heteroatoms. The summed E-state index contributed by atoms with van der Waals surface area (Å²) >= 11 is 0. The van der Waals surface area contributed by atoms with Crippen LogP contribution >= 0.6 is 0 Å². The highest BCUT2D eigenvalue weighted by Crippen LogP contribution is 2.40. The molecule has 1 aliphatic rings. The average molecular weight is 164 g/mol. The molecule has 1 fully saturated rings. The molecule has 0 aromatic carbocycles. The van der Waals surface area contributed by atoms with Crippen molar-refractivity contribution in [1.82, 2.24) is 10.2 Å². The smallest absolute Gasteiger partial charge is 0.0522 e. The van der Waals surface area contributed by atoms with Crippen LogP contribution in [0.3, 0.4) is 0 Å². The largest absolute Gasteiger partial charge is 0.282 e. The highest BCUT2D eigenvalue weighted by Gasteiger charge is 2.27. The van der Waals surface area contributed by atoms with E-state index in [1.807, 2.05) is 6.20 Å². The Morgan fingerprint density at radius 2 is 2.33 bits per heavy atom. The molecular formula is C10H16N2. The van der Waals surface area contributed by atoms with Gasteiger partial charge in [-0.2, -0.15) is 5.10 Å². The summed E-state index contributed by atoms with van der Waals surface area (Å²) in [6, 6.07) is 0. The topological polar surface area (TPSA) is 28.7 Å². The van der Waals surface area contributed by atoms with E-state index in [9.17, 15) is 0 Å². The molecule has 1 N–H and O–H groups in total. The van der Waals surface area contributed by atoms with E-state index in [0.29, 0.717) is 0 Å². The van der Waals surface area contributed by atoms with Gasteiger partial charge in [0, 0.05) is 11.6 Å². The third-order valence-corrected chi connectivity index (χ3v) is 2.37. The molecular weight excluding hydrogens is 148 g/mol. The number of nitrogens with one attached hydrogen (secondary N) is 1. The van der Waals surface area contributed by atoms with Crippen LogP contribution in [0, 0.1) is 5.92 Å². The summed E-state index contributed by atoms with van der Waals surface area (Å²) < 4.78 is 0. The first-order valence-electron chi connectivity index (χ1n) is 4.79. The summed E-state index contributed by atoms with van der Waals surface area (Å²) in [6.07, 6.45) is 5.87. The molecule has 0 bridgehead atoms. The van der Waals surface area contributed by atoms with E-state index < -0.39 is 0 Å².